The van der Waals surface area contributed by atoms with Gasteiger partial charge in [0.1, 0.15) is 40.4 Å². The highest BCUT2D eigenvalue weighted by molar-refractivity contribution is 6.04. The summed E-state index contributed by atoms with van der Waals surface area (Å²) in [5, 5.41) is 5.23. The number of hydrogen-bond donors (Lipinski definition) is 2. The summed E-state index contributed by atoms with van der Waals surface area (Å²) in [5.74, 6) is -7.07. The number of benzene rings is 4. The lowest BCUT2D eigenvalue weighted by Gasteiger charge is -2.47. The van der Waals surface area contributed by atoms with Crippen LogP contribution in [0.15, 0.2) is 78.9 Å². The van der Waals surface area contributed by atoms with Crippen molar-refractivity contribution in [3.63, 3.8) is 0 Å². The zero-order valence-electron chi connectivity index (χ0n) is 55.3. The number of amides is 6. The molecule has 5 aliphatic heterocycles. The van der Waals surface area contributed by atoms with Crippen LogP contribution < -0.4 is 15.5 Å². The van der Waals surface area contributed by atoms with Gasteiger partial charge in [-0.1, -0.05) is 48.5 Å². The van der Waals surface area contributed by atoms with E-state index in [0.29, 0.717) is 94.2 Å². The van der Waals surface area contributed by atoms with Gasteiger partial charge in [0.15, 0.2) is 11.6 Å². The number of ether oxygens (including phenoxy) is 4. The van der Waals surface area contributed by atoms with Gasteiger partial charge >= 0.3 is 12.2 Å². The van der Waals surface area contributed by atoms with Crippen molar-refractivity contribution in [2.45, 2.75) is 155 Å². The van der Waals surface area contributed by atoms with E-state index in [9.17, 15) is 33.2 Å². The molecule has 4 aromatic rings. The summed E-state index contributed by atoms with van der Waals surface area (Å²) in [5.41, 5.74) is 0.206. The number of nitrogens with zero attached hydrogens (tertiary/aromatic N) is 6. The second-order valence-electron chi connectivity index (χ2n) is 27.8. The van der Waals surface area contributed by atoms with E-state index in [4.69, 9.17) is 18.9 Å². The van der Waals surface area contributed by atoms with Crippen LogP contribution in [0, 0.1) is 29.3 Å². The van der Waals surface area contributed by atoms with E-state index in [-0.39, 0.29) is 73.8 Å². The van der Waals surface area contributed by atoms with Crippen molar-refractivity contribution in [1.29, 1.82) is 0 Å². The maximum absolute atomic E-state index is 15.3. The summed E-state index contributed by atoms with van der Waals surface area (Å²) in [6.07, 6.45) is -0.511. The van der Waals surface area contributed by atoms with Crippen molar-refractivity contribution in [2.75, 3.05) is 89.5 Å². The van der Waals surface area contributed by atoms with Crippen molar-refractivity contribution in [1.82, 2.24) is 29.8 Å². The lowest BCUT2D eigenvalue weighted by Crippen LogP contribution is -2.64. The molecular weight excluding hydrogens is 1200 g/mol. The summed E-state index contributed by atoms with van der Waals surface area (Å²) in [4.78, 5) is 125. The summed E-state index contributed by atoms with van der Waals surface area (Å²) in [6.45, 7) is 20.7. The minimum atomic E-state index is -1.49. The smallest absolute Gasteiger partial charge is 0.410 e. The fourth-order valence-electron chi connectivity index (χ4n) is 13.2. The maximum atomic E-state index is 15.3. The van der Waals surface area contributed by atoms with E-state index in [1.807, 2.05) is 45.9 Å². The van der Waals surface area contributed by atoms with Gasteiger partial charge in [-0.15, -0.1) is 0 Å². The quantitative estimate of drug-likeness (QED) is 0.0900. The molecule has 0 saturated carbocycles. The summed E-state index contributed by atoms with van der Waals surface area (Å²) in [7, 11) is 1.43. The van der Waals surface area contributed by atoms with Crippen molar-refractivity contribution >= 4 is 58.8 Å². The largest absolute Gasteiger partial charge is 0.444 e. The predicted molar refractivity (Wildman–Crippen MR) is 342 cm³/mol. The van der Waals surface area contributed by atoms with Crippen LogP contribution in [0.2, 0.25) is 0 Å². The topological polar surface area (TPSA) is 217 Å². The lowest BCUT2D eigenvalue weighted by atomic mass is 9.80. The summed E-state index contributed by atoms with van der Waals surface area (Å²) >= 11 is 0. The van der Waals surface area contributed by atoms with Gasteiger partial charge in [-0.25, -0.2) is 22.8 Å². The van der Waals surface area contributed by atoms with E-state index in [2.05, 4.69) is 27.4 Å². The van der Waals surface area contributed by atoms with Crippen molar-refractivity contribution < 1.29 is 70.5 Å². The van der Waals surface area contributed by atoms with Gasteiger partial charge in [0.25, 0.3) is 5.91 Å². The molecule has 6 amide bonds. The molecule has 0 bridgehead atoms. The molecule has 4 aromatic carbocycles. The zero-order chi connectivity index (χ0) is 67.4. The predicted octanol–water partition coefficient (Wildman–Crippen LogP) is 8.54. The van der Waals surface area contributed by atoms with Crippen LogP contribution in [0.4, 0.5) is 34.1 Å². The summed E-state index contributed by atoms with van der Waals surface area (Å²) < 4.78 is 67.3. The number of morpholine rings is 1. The number of carbonyl (C=O) groups is 8. The molecule has 5 heterocycles. The number of Topliss-reactive ketones (excluding diaryl/α,β-unsaturated/α-hetero) is 2. The molecule has 0 aliphatic carbocycles. The highest BCUT2D eigenvalue weighted by Gasteiger charge is 2.49. The molecular formula is C70H89F3N8O12. The molecule has 23 heteroatoms. The molecule has 0 aromatic heterocycles. The first-order chi connectivity index (χ1) is 43.9. The maximum Gasteiger partial charge on any atom is 0.410 e. The Balaban J connectivity index is 0.947. The van der Waals surface area contributed by atoms with Crippen LogP contribution in [0.25, 0.3) is 0 Å². The SMILES string of the molecule is C[C@@H]1COCCN1C[C@H]1CN(C(=O)OC(C)(C)C)[C@H](C)CN1CC(=O)N1C[C@@](C)(C(=O)NCC(=O)Cc2ccc3c(c2)[C@@H](C(=O)Nc2c(F)cccc2F)N(C(=O)[C@@H](CC(=O)[C@H](C)N(C)C(=O)OC(C)(C)C)C2CCOCC2)C3)c2ccc(Cc3ccc(F)cc3)cc21. The number of hydrogen-bond acceptors (Lipinski definition) is 14. The Morgan fingerprint density at radius 2 is 1.44 bits per heavy atom. The Morgan fingerprint density at radius 1 is 0.774 bits per heavy atom. The zero-order valence-corrected chi connectivity index (χ0v) is 55.3. The van der Waals surface area contributed by atoms with Crippen LogP contribution in [-0.4, -0.2) is 187 Å². The van der Waals surface area contributed by atoms with Crippen molar-refractivity contribution in [3.05, 3.63) is 130 Å². The first-order valence-electron chi connectivity index (χ1n) is 32.1. The minimum Gasteiger partial charge on any atom is -0.444 e. The average Bonchev–Trinajstić information content (AvgIpc) is 1.61. The molecule has 502 valence electrons. The number of fused-ring (bicyclic) bond motifs is 2. The molecule has 2 N–H and O–H groups in total. The first kappa shape index (κ1) is 69.6. The molecule has 9 rings (SSSR count). The van der Waals surface area contributed by atoms with E-state index in [1.165, 1.54) is 29.0 Å². The Labute approximate surface area is 542 Å². The van der Waals surface area contributed by atoms with E-state index < -0.39 is 100.0 Å². The van der Waals surface area contributed by atoms with Gasteiger partial charge in [0, 0.05) is 102 Å². The Bertz CT molecular complexity index is 3440. The minimum absolute atomic E-state index is 0.0480. The lowest BCUT2D eigenvalue weighted by molar-refractivity contribution is -0.147. The van der Waals surface area contributed by atoms with Crippen molar-refractivity contribution in [2.24, 2.45) is 11.8 Å². The highest BCUT2D eigenvalue weighted by Crippen LogP contribution is 2.44. The van der Waals surface area contributed by atoms with Gasteiger partial charge in [0.05, 0.1) is 37.8 Å². The Morgan fingerprint density at radius 3 is 2.11 bits per heavy atom. The van der Waals surface area contributed by atoms with Gasteiger partial charge < -0.3 is 49.2 Å². The van der Waals surface area contributed by atoms with E-state index in [1.54, 1.807) is 74.8 Å². The molecule has 7 atom stereocenters. The first-order valence-corrected chi connectivity index (χ1v) is 32.1. The number of anilines is 2. The van der Waals surface area contributed by atoms with E-state index in [0.717, 1.165) is 29.3 Å². The molecule has 20 nitrogen and oxygen atoms in total. The third-order valence-electron chi connectivity index (χ3n) is 18.5. The molecule has 0 unspecified atom stereocenters. The van der Waals surface area contributed by atoms with Gasteiger partial charge in [-0.05, 0) is 158 Å². The van der Waals surface area contributed by atoms with Crippen LogP contribution in [0.1, 0.15) is 128 Å². The number of likely N-dealkylation sites (N-methyl/N-ethyl adjacent to an activating group) is 1. The van der Waals surface area contributed by atoms with Crippen LogP contribution in [0.5, 0.6) is 0 Å². The third-order valence-corrected chi connectivity index (χ3v) is 18.5. The average molecular weight is 1290 g/mol. The van der Waals surface area contributed by atoms with Gasteiger partial charge in [-0.3, -0.25) is 38.6 Å². The monoisotopic (exact) mass is 1290 g/mol. The molecule has 93 heavy (non-hydrogen) atoms. The van der Waals surface area contributed by atoms with Gasteiger partial charge in [-0.2, -0.15) is 0 Å². The number of nitrogens with one attached hydrogen (secondary N) is 2. The fraction of sp³-hybridized carbons (Fsp3) is 0.543. The molecule has 0 radical (unpaired) electrons. The number of para-hydroxylation sites is 1. The second kappa shape index (κ2) is 28.9. The third kappa shape index (κ3) is 16.6. The number of carbonyl (C=O) groups excluding carboxylic acids is 8. The summed E-state index contributed by atoms with van der Waals surface area (Å²) in [6, 6.07) is 16.7. The molecule has 3 fully saturated rings. The normalized spacial score (nSPS) is 21.9. The molecule has 5 aliphatic rings. The highest BCUT2D eigenvalue weighted by atomic mass is 19.1. The van der Waals surface area contributed by atoms with Gasteiger partial charge in [0.2, 0.25) is 17.7 Å². The van der Waals surface area contributed by atoms with E-state index >= 15 is 18.4 Å². The second-order valence-corrected chi connectivity index (χ2v) is 27.8. The Hall–Kier alpha value is -7.73. The van der Waals surface area contributed by atoms with Crippen molar-refractivity contribution in [3.8, 4) is 0 Å². The van der Waals surface area contributed by atoms with Crippen LogP contribution in [0.3, 0.4) is 0 Å². The standard InChI is InChI=1S/C70H89F3N8O12/c1-42-35-78(51(37-77-25-28-91-40-43(77)2)38-79(42)67(89)93-69(7,8)9)39-60(84)81-41-70(10,55-22-18-46(32-58(55)81)29-45-16-20-50(71)21-17-45)65(87)74-34-52(82)30-47-15-19-49-36-80(62(53(49)31-47)63(85)75-61-56(72)13-12-14-57(61)73)64(86)54(48-23-26-90-27-24-48)33-59(83)44(3)76(11)66(88)92-68(4,5)6/h12-22,31-32,42-44,48,51,54,62H,23-30,33-41H2,1-11H3,(H,74,87)(H,75,85)/t42-,43-,44+,51+,54+,62+,70-/m1/s1. The number of piperazine rings is 1. The number of ketones is 2. The molecule has 0 spiro atoms. The Kier molecular flexibility index (Phi) is 21.6. The van der Waals surface area contributed by atoms with Crippen LogP contribution in [-0.2, 0) is 72.5 Å². The fourth-order valence-corrected chi connectivity index (χ4v) is 13.2. The number of rotatable bonds is 19. The number of halogens is 3. The molecule has 3 saturated heterocycles. The van der Waals surface area contributed by atoms with Crippen LogP contribution >= 0.6 is 0 Å².